The minimum atomic E-state index is -0.727. The van der Waals surface area contributed by atoms with Crippen molar-refractivity contribution in [1.82, 2.24) is 0 Å². The topological polar surface area (TPSA) is 18.5 Å². The Balaban J connectivity index is 1.49. The molecule has 0 aliphatic carbocycles. The van der Waals surface area contributed by atoms with Crippen LogP contribution in [0.5, 0.6) is 11.5 Å². The average Bonchev–Trinajstić information content (AvgIpc) is 2.72. The first-order valence-electron chi connectivity index (χ1n) is 10.5. The third-order valence-electron chi connectivity index (χ3n) is 5.62. The summed E-state index contributed by atoms with van der Waals surface area (Å²) in [5.74, 6) is -0.494. The van der Waals surface area contributed by atoms with Crippen LogP contribution in [0.3, 0.4) is 0 Å². The molecule has 2 heterocycles. The molecule has 1 atom stereocenters. The van der Waals surface area contributed by atoms with Crippen LogP contribution in [-0.2, 0) is 6.42 Å². The van der Waals surface area contributed by atoms with Crippen LogP contribution in [0.4, 0.5) is 13.2 Å². The molecule has 4 rings (SSSR count). The van der Waals surface area contributed by atoms with Gasteiger partial charge in [-0.1, -0.05) is 38.3 Å². The van der Waals surface area contributed by atoms with Gasteiger partial charge in [0.25, 0.3) is 0 Å². The van der Waals surface area contributed by atoms with Crippen molar-refractivity contribution in [2.75, 3.05) is 13.2 Å². The van der Waals surface area contributed by atoms with Crippen LogP contribution in [0.1, 0.15) is 49.3 Å². The maximum Gasteiger partial charge on any atom is 0.168 e. The standard InChI is InChI=1S/C25H25F3O2/c1-2-3-4-5-16-8-19-11-22(27)18(12-24(19)29-14-16)7-6-17-9-20-10-21(26)13-23(28)25(20)30-15-17/h6-7,9-13,16H,2-5,8,14-15H2,1H3/b7-6+. The Kier molecular flexibility index (Phi) is 6.16. The van der Waals surface area contributed by atoms with E-state index in [1.807, 2.05) is 0 Å². The van der Waals surface area contributed by atoms with E-state index in [1.165, 1.54) is 25.3 Å². The molecule has 0 saturated heterocycles. The largest absolute Gasteiger partial charge is 0.493 e. The first-order chi connectivity index (χ1) is 14.5. The van der Waals surface area contributed by atoms with Gasteiger partial charge in [0, 0.05) is 17.2 Å². The zero-order valence-electron chi connectivity index (χ0n) is 17.0. The second kappa shape index (κ2) is 8.99. The van der Waals surface area contributed by atoms with Crippen molar-refractivity contribution >= 4 is 12.2 Å². The Bertz CT molecular complexity index is 994. The molecule has 5 heteroatoms. The van der Waals surface area contributed by atoms with Gasteiger partial charge in [-0.05, 0) is 54.2 Å². The van der Waals surface area contributed by atoms with Crippen LogP contribution in [0.15, 0.2) is 35.9 Å². The van der Waals surface area contributed by atoms with E-state index in [1.54, 1.807) is 30.4 Å². The van der Waals surface area contributed by atoms with Gasteiger partial charge in [0.05, 0.1) is 6.61 Å². The van der Waals surface area contributed by atoms with Crippen LogP contribution >= 0.6 is 0 Å². The number of halogens is 3. The maximum absolute atomic E-state index is 14.7. The molecule has 0 saturated carbocycles. The minimum Gasteiger partial charge on any atom is -0.493 e. The number of ether oxygens (including phenoxy) is 2. The van der Waals surface area contributed by atoms with Crippen molar-refractivity contribution in [3.8, 4) is 11.5 Å². The third-order valence-corrected chi connectivity index (χ3v) is 5.62. The fraction of sp³-hybridized carbons (Fsp3) is 0.360. The molecule has 0 fully saturated rings. The summed E-state index contributed by atoms with van der Waals surface area (Å²) in [6.07, 6.45) is 10.5. The lowest BCUT2D eigenvalue weighted by Crippen LogP contribution is -2.21. The van der Waals surface area contributed by atoms with E-state index in [4.69, 9.17) is 9.47 Å². The maximum atomic E-state index is 14.7. The van der Waals surface area contributed by atoms with E-state index in [9.17, 15) is 13.2 Å². The highest BCUT2D eigenvalue weighted by Gasteiger charge is 2.21. The van der Waals surface area contributed by atoms with Crippen LogP contribution < -0.4 is 9.47 Å². The number of unbranched alkanes of at least 4 members (excludes halogenated alkanes) is 2. The second-order valence-corrected chi connectivity index (χ2v) is 8.01. The summed E-state index contributed by atoms with van der Waals surface area (Å²) < 4.78 is 53.2. The number of benzene rings is 2. The van der Waals surface area contributed by atoms with Crippen molar-refractivity contribution in [3.05, 3.63) is 70.1 Å². The number of hydrogen-bond donors (Lipinski definition) is 0. The zero-order chi connectivity index (χ0) is 21.1. The van der Waals surface area contributed by atoms with Gasteiger partial charge in [0.1, 0.15) is 24.0 Å². The SMILES string of the molecule is CCCCCC1COc2cc(/C=C/C3=Cc4cc(F)cc(F)c4OC3)c(F)cc2C1. The molecule has 0 N–H and O–H groups in total. The summed E-state index contributed by atoms with van der Waals surface area (Å²) in [7, 11) is 0. The molecular formula is C25H25F3O2. The Hall–Kier alpha value is -2.69. The molecule has 1 unspecified atom stereocenters. The molecule has 158 valence electrons. The van der Waals surface area contributed by atoms with Crippen molar-refractivity contribution in [2.24, 2.45) is 5.92 Å². The van der Waals surface area contributed by atoms with E-state index in [-0.39, 0.29) is 18.2 Å². The minimum absolute atomic E-state index is 0.0374. The fourth-order valence-electron chi connectivity index (χ4n) is 4.01. The summed E-state index contributed by atoms with van der Waals surface area (Å²) >= 11 is 0. The van der Waals surface area contributed by atoms with Gasteiger partial charge in [-0.25, -0.2) is 13.2 Å². The van der Waals surface area contributed by atoms with Crippen molar-refractivity contribution < 1.29 is 22.6 Å². The van der Waals surface area contributed by atoms with Gasteiger partial charge in [-0.15, -0.1) is 0 Å². The lowest BCUT2D eigenvalue weighted by molar-refractivity contribution is 0.210. The van der Waals surface area contributed by atoms with Gasteiger partial charge in [0.15, 0.2) is 11.6 Å². The van der Waals surface area contributed by atoms with E-state index < -0.39 is 11.6 Å². The molecule has 30 heavy (non-hydrogen) atoms. The normalized spacial score (nSPS) is 17.7. The molecule has 0 spiro atoms. The lowest BCUT2D eigenvalue weighted by atomic mass is 9.91. The number of rotatable bonds is 6. The van der Waals surface area contributed by atoms with E-state index in [0.717, 1.165) is 30.2 Å². The van der Waals surface area contributed by atoms with Crippen LogP contribution in [0.2, 0.25) is 0 Å². The van der Waals surface area contributed by atoms with Crippen molar-refractivity contribution in [3.63, 3.8) is 0 Å². The highest BCUT2D eigenvalue weighted by Crippen LogP contribution is 2.33. The molecular weight excluding hydrogens is 389 g/mol. The molecule has 2 aromatic carbocycles. The summed E-state index contributed by atoms with van der Waals surface area (Å²) in [5, 5.41) is 0. The Morgan fingerprint density at radius 2 is 1.87 bits per heavy atom. The van der Waals surface area contributed by atoms with Gasteiger partial charge < -0.3 is 9.47 Å². The highest BCUT2D eigenvalue weighted by atomic mass is 19.1. The predicted molar refractivity (Wildman–Crippen MR) is 112 cm³/mol. The molecule has 0 radical (unpaired) electrons. The second-order valence-electron chi connectivity index (χ2n) is 8.01. The van der Waals surface area contributed by atoms with Crippen molar-refractivity contribution in [1.29, 1.82) is 0 Å². The Labute approximate surface area is 175 Å². The molecule has 2 aromatic rings. The number of hydrogen-bond acceptors (Lipinski definition) is 2. The molecule has 2 aliphatic rings. The predicted octanol–water partition coefficient (Wildman–Crippen LogP) is 6.72. The van der Waals surface area contributed by atoms with Crippen LogP contribution in [0.25, 0.3) is 12.2 Å². The van der Waals surface area contributed by atoms with E-state index in [2.05, 4.69) is 6.92 Å². The lowest BCUT2D eigenvalue weighted by Gasteiger charge is -2.26. The van der Waals surface area contributed by atoms with Gasteiger partial charge >= 0.3 is 0 Å². The van der Waals surface area contributed by atoms with Crippen LogP contribution in [-0.4, -0.2) is 13.2 Å². The Morgan fingerprint density at radius 3 is 2.70 bits per heavy atom. The smallest absolute Gasteiger partial charge is 0.168 e. The van der Waals surface area contributed by atoms with Crippen LogP contribution in [0, 0.1) is 23.4 Å². The Morgan fingerprint density at radius 1 is 1.00 bits per heavy atom. The summed E-state index contributed by atoms with van der Waals surface area (Å²) in [6, 6.07) is 5.30. The van der Waals surface area contributed by atoms with Gasteiger partial charge in [0.2, 0.25) is 0 Å². The first-order valence-corrected chi connectivity index (χ1v) is 10.5. The molecule has 2 nitrogen and oxygen atoms in total. The summed E-state index contributed by atoms with van der Waals surface area (Å²) in [6.45, 7) is 2.98. The van der Waals surface area contributed by atoms with Gasteiger partial charge in [-0.3, -0.25) is 0 Å². The average molecular weight is 414 g/mol. The molecule has 0 amide bonds. The number of fused-ring (bicyclic) bond motifs is 2. The fourth-order valence-corrected chi connectivity index (χ4v) is 4.01. The summed E-state index contributed by atoms with van der Waals surface area (Å²) in [4.78, 5) is 0. The zero-order valence-corrected chi connectivity index (χ0v) is 17.0. The highest BCUT2D eigenvalue weighted by molar-refractivity contribution is 5.68. The van der Waals surface area contributed by atoms with Crippen molar-refractivity contribution in [2.45, 2.75) is 39.0 Å². The quantitative estimate of drug-likeness (QED) is 0.488. The molecule has 0 aromatic heterocycles. The monoisotopic (exact) mass is 414 g/mol. The third kappa shape index (κ3) is 4.55. The van der Waals surface area contributed by atoms with E-state index >= 15 is 0 Å². The molecule has 2 aliphatic heterocycles. The van der Waals surface area contributed by atoms with E-state index in [0.29, 0.717) is 29.2 Å². The van der Waals surface area contributed by atoms with Gasteiger partial charge in [-0.2, -0.15) is 0 Å². The first kappa shape index (κ1) is 20.6. The molecule has 0 bridgehead atoms. The summed E-state index contributed by atoms with van der Waals surface area (Å²) in [5.41, 5.74) is 2.36.